The quantitative estimate of drug-likeness (QED) is 0.416. The Labute approximate surface area is 174 Å². The number of anilines is 2. The monoisotopic (exact) mass is 424 g/mol. The predicted octanol–water partition coefficient (Wildman–Crippen LogP) is 6.08. The predicted molar refractivity (Wildman–Crippen MR) is 110 cm³/mol. The molecule has 2 amide bonds. The van der Waals surface area contributed by atoms with Crippen LogP contribution in [0.2, 0.25) is 0 Å². The molecule has 156 valence electrons. The van der Waals surface area contributed by atoms with Gasteiger partial charge >= 0.3 is 12.2 Å². The molecular weight excluding hydrogens is 409 g/mol. The summed E-state index contributed by atoms with van der Waals surface area (Å²) in [5.41, 5.74) is 1.09. The third-order valence-electron chi connectivity index (χ3n) is 4.24. The van der Waals surface area contributed by atoms with E-state index in [0.29, 0.717) is 22.7 Å². The molecule has 0 fully saturated rings. The van der Waals surface area contributed by atoms with Gasteiger partial charge in [0.05, 0.1) is 16.6 Å². The van der Waals surface area contributed by atoms with Gasteiger partial charge in [-0.2, -0.15) is 13.2 Å². The Hall–Kier alpha value is -4.14. The Morgan fingerprint density at radius 2 is 1.45 bits per heavy atom. The second-order valence-electron chi connectivity index (χ2n) is 6.49. The van der Waals surface area contributed by atoms with Crippen molar-refractivity contribution in [1.82, 2.24) is 9.97 Å². The molecule has 0 saturated heterocycles. The SMILES string of the molecule is O=C(Nc1ccc(Oc2ccc3nccnc3c2)cc1)Nc1cccc(C(F)(F)F)c1. The first-order valence-electron chi connectivity index (χ1n) is 9.11. The number of ether oxygens (including phenoxy) is 1. The Morgan fingerprint density at radius 3 is 2.19 bits per heavy atom. The lowest BCUT2D eigenvalue weighted by atomic mass is 10.2. The fourth-order valence-electron chi connectivity index (χ4n) is 2.82. The summed E-state index contributed by atoms with van der Waals surface area (Å²) >= 11 is 0. The summed E-state index contributed by atoms with van der Waals surface area (Å²) in [5, 5.41) is 4.94. The van der Waals surface area contributed by atoms with E-state index in [9.17, 15) is 18.0 Å². The first-order chi connectivity index (χ1) is 14.9. The van der Waals surface area contributed by atoms with E-state index in [0.717, 1.165) is 17.6 Å². The minimum absolute atomic E-state index is 0.0340. The van der Waals surface area contributed by atoms with Crippen molar-refractivity contribution in [2.45, 2.75) is 6.18 Å². The van der Waals surface area contributed by atoms with Crippen LogP contribution in [0.25, 0.3) is 11.0 Å². The van der Waals surface area contributed by atoms with Gasteiger partial charge in [0.25, 0.3) is 0 Å². The highest BCUT2D eigenvalue weighted by Gasteiger charge is 2.30. The first-order valence-corrected chi connectivity index (χ1v) is 9.11. The average molecular weight is 424 g/mol. The summed E-state index contributed by atoms with van der Waals surface area (Å²) in [6, 6.07) is 15.6. The lowest BCUT2D eigenvalue weighted by molar-refractivity contribution is -0.137. The third-order valence-corrected chi connectivity index (χ3v) is 4.24. The van der Waals surface area contributed by atoms with E-state index in [1.807, 2.05) is 0 Å². The molecule has 31 heavy (non-hydrogen) atoms. The fourth-order valence-corrected chi connectivity index (χ4v) is 2.82. The van der Waals surface area contributed by atoms with Crippen LogP contribution in [0.1, 0.15) is 5.56 Å². The first kappa shape index (κ1) is 20.1. The number of urea groups is 1. The molecule has 3 aromatic carbocycles. The maximum absolute atomic E-state index is 12.8. The van der Waals surface area contributed by atoms with Crippen molar-refractivity contribution in [3.05, 3.63) is 84.7 Å². The molecule has 4 rings (SSSR count). The summed E-state index contributed by atoms with van der Waals surface area (Å²) in [7, 11) is 0. The number of alkyl halides is 3. The van der Waals surface area contributed by atoms with Crippen LogP contribution < -0.4 is 15.4 Å². The zero-order valence-electron chi connectivity index (χ0n) is 15.9. The number of nitrogens with one attached hydrogen (secondary N) is 2. The highest BCUT2D eigenvalue weighted by atomic mass is 19.4. The van der Waals surface area contributed by atoms with E-state index in [-0.39, 0.29) is 5.69 Å². The maximum Gasteiger partial charge on any atom is 0.416 e. The van der Waals surface area contributed by atoms with Gasteiger partial charge in [0.2, 0.25) is 0 Å². The number of fused-ring (bicyclic) bond motifs is 1. The van der Waals surface area contributed by atoms with E-state index in [4.69, 9.17) is 4.74 Å². The summed E-state index contributed by atoms with van der Waals surface area (Å²) in [6.07, 6.45) is -1.28. The number of aromatic nitrogens is 2. The summed E-state index contributed by atoms with van der Waals surface area (Å²) < 4.78 is 44.1. The minimum Gasteiger partial charge on any atom is -0.457 e. The number of carbonyl (C=O) groups excluding carboxylic acids is 1. The molecule has 0 bridgehead atoms. The van der Waals surface area contributed by atoms with Crippen molar-refractivity contribution < 1.29 is 22.7 Å². The van der Waals surface area contributed by atoms with Crippen molar-refractivity contribution >= 4 is 28.4 Å². The molecule has 0 aliphatic heterocycles. The molecule has 1 aromatic heterocycles. The summed E-state index contributed by atoms with van der Waals surface area (Å²) in [6.45, 7) is 0. The maximum atomic E-state index is 12.8. The van der Waals surface area contributed by atoms with Gasteiger partial charge in [0.1, 0.15) is 11.5 Å². The van der Waals surface area contributed by atoms with Gasteiger partial charge < -0.3 is 15.4 Å². The molecule has 2 N–H and O–H groups in total. The molecule has 0 aliphatic carbocycles. The molecule has 4 aromatic rings. The van der Waals surface area contributed by atoms with Crippen molar-refractivity contribution in [2.24, 2.45) is 0 Å². The van der Waals surface area contributed by atoms with Gasteiger partial charge in [0.15, 0.2) is 0 Å². The summed E-state index contributed by atoms with van der Waals surface area (Å²) in [4.78, 5) is 20.5. The number of halogens is 3. The van der Waals surface area contributed by atoms with Gasteiger partial charge in [-0.1, -0.05) is 6.07 Å². The molecule has 9 heteroatoms. The molecule has 0 atom stereocenters. The van der Waals surface area contributed by atoms with Crippen LogP contribution >= 0.6 is 0 Å². The molecule has 0 unspecified atom stereocenters. The number of hydrogen-bond acceptors (Lipinski definition) is 4. The lowest BCUT2D eigenvalue weighted by Crippen LogP contribution is -2.19. The van der Waals surface area contributed by atoms with Gasteiger partial charge in [-0.15, -0.1) is 0 Å². The Bertz CT molecular complexity index is 1230. The zero-order chi connectivity index (χ0) is 21.8. The second kappa shape index (κ2) is 8.31. The van der Waals surface area contributed by atoms with Crippen LogP contribution in [0.3, 0.4) is 0 Å². The topological polar surface area (TPSA) is 76.1 Å². The van der Waals surface area contributed by atoms with Crippen molar-refractivity contribution in [3.8, 4) is 11.5 Å². The number of rotatable bonds is 4. The van der Waals surface area contributed by atoms with Crippen LogP contribution in [0.5, 0.6) is 11.5 Å². The molecule has 0 radical (unpaired) electrons. The highest BCUT2D eigenvalue weighted by Crippen LogP contribution is 2.31. The lowest BCUT2D eigenvalue weighted by Gasteiger charge is -2.11. The van der Waals surface area contributed by atoms with E-state index in [2.05, 4.69) is 20.6 Å². The van der Waals surface area contributed by atoms with Crippen molar-refractivity contribution in [2.75, 3.05) is 10.6 Å². The Kier molecular flexibility index (Phi) is 5.40. The van der Waals surface area contributed by atoms with Gasteiger partial charge in [0, 0.05) is 29.8 Å². The van der Waals surface area contributed by atoms with Crippen molar-refractivity contribution in [3.63, 3.8) is 0 Å². The number of amides is 2. The normalized spacial score (nSPS) is 11.2. The minimum atomic E-state index is -4.48. The van der Waals surface area contributed by atoms with Crippen LogP contribution in [0.15, 0.2) is 79.1 Å². The largest absolute Gasteiger partial charge is 0.457 e. The smallest absolute Gasteiger partial charge is 0.416 e. The zero-order valence-corrected chi connectivity index (χ0v) is 15.9. The van der Waals surface area contributed by atoms with E-state index >= 15 is 0 Å². The Balaban J connectivity index is 1.38. The van der Waals surface area contributed by atoms with Crippen LogP contribution in [-0.2, 0) is 6.18 Å². The van der Waals surface area contributed by atoms with Crippen LogP contribution in [-0.4, -0.2) is 16.0 Å². The van der Waals surface area contributed by atoms with Gasteiger partial charge in [-0.25, -0.2) is 4.79 Å². The molecule has 6 nitrogen and oxygen atoms in total. The van der Waals surface area contributed by atoms with E-state index in [1.54, 1.807) is 54.9 Å². The summed E-state index contributed by atoms with van der Waals surface area (Å²) in [5.74, 6) is 1.11. The number of benzene rings is 3. The molecule has 0 aliphatic rings. The number of carbonyl (C=O) groups is 1. The average Bonchev–Trinajstić information content (AvgIpc) is 2.74. The molecule has 0 saturated carbocycles. The molecule has 0 spiro atoms. The number of nitrogens with zero attached hydrogens (tertiary/aromatic N) is 2. The van der Waals surface area contributed by atoms with Gasteiger partial charge in [-0.3, -0.25) is 9.97 Å². The highest BCUT2D eigenvalue weighted by molar-refractivity contribution is 5.99. The third kappa shape index (κ3) is 5.08. The standard InChI is InChI=1S/C22H15F3N4O2/c23-22(24,25)14-2-1-3-16(12-14)29-21(30)28-15-4-6-17(7-5-15)31-18-8-9-19-20(13-18)27-11-10-26-19/h1-13H,(H2,28,29,30). The number of hydrogen-bond donors (Lipinski definition) is 2. The van der Waals surface area contributed by atoms with Crippen LogP contribution in [0, 0.1) is 0 Å². The fraction of sp³-hybridized carbons (Fsp3) is 0.0455. The Morgan fingerprint density at radius 1 is 0.774 bits per heavy atom. The van der Waals surface area contributed by atoms with E-state index < -0.39 is 17.8 Å². The van der Waals surface area contributed by atoms with Gasteiger partial charge in [-0.05, 0) is 54.6 Å². The second-order valence-corrected chi connectivity index (χ2v) is 6.49. The van der Waals surface area contributed by atoms with Crippen LogP contribution in [0.4, 0.5) is 29.3 Å². The molecule has 1 heterocycles. The molecular formula is C22H15F3N4O2. The van der Waals surface area contributed by atoms with E-state index in [1.165, 1.54) is 12.1 Å². The van der Waals surface area contributed by atoms with Crippen molar-refractivity contribution in [1.29, 1.82) is 0 Å².